The highest BCUT2D eigenvalue weighted by molar-refractivity contribution is 5.80. The van der Waals surface area contributed by atoms with Crippen LogP contribution in [0.4, 0.5) is 4.79 Å². The molecule has 1 aromatic rings. The molecule has 0 aliphatic rings. The Hall–Kier alpha value is -3.28. The smallest absolute Gasteiger partial charge is 0.407 e. The Bertz CT molecular complexity index is 982. The predicted octanol–water partition coefficient (Wildman–Crippen LogP) is 7.84. The van der Waals surface area contributed by atoms with Crippen LogP contribution in [-0.4, -0.2) is 27.4 Å². The molecule has 1 aromatic heterocycles. The lowest BCUT2D eigenvalue weighted by Crippen LogP contribution is -2.32. The van der Waals surface area contributed by atoms with E-state index in [1.165, 1.54) is 0 Å². The second-order valence-electron chi connectivity index (χ2n) is 10.1. The average molecular weight is 522 g/mol. The fourth-order valence-corrected chi connectivity index (χ4v) is 3.38. The van der Waals surface area contributed by atoms with E-state index in [1.54, 1.807) is 13.1 Å². The minimum absolute atomic E-state index is 0.133. The number of hydrogen-bond donors (Lipinski definition) is 1. The molecule has 0 saturated heterocycles. The van der Waals surface area contributed by atoms with Crippen molar-refractivity contribution in [2.75, 3.05) is 0 Å². The standard InChI is InChI=1S/C32H47N3O3/c1-6-7-8-9-10-11-12-13-14-15-16-17-18-19-20-21-22-23-29(36)24-30-28(25-33-27(2)35-30)26-34-31(37)38-32(3,4)5/h7-8,10-11,13-14,16-17,19-20,25H,6,9,12,15,18,21-24,26H2,1-5H3,(H,34,37)/b8-7-,11-10-,14-13-,17-16-,20-19-. The number of aryl methyl sites for hydroxylation is 1. The van der Waals surface area contributed by atoms with E-state index in [0.717, 1.165) is 50.5 Å². The van der Waals surface area contributed by atoms with Gasteiger partial charge in [0.25, 0.3) is 0 Å². The van der Waals surface area contributed by atoms with E-state index in [2.05, 4.69) is 83.0 Å². The third-order valence-corrected chi connectivity index (χ3v) is 5.25. The minimum atomic E-state index is -0.572. The number of nitrogens with one attached hydrogen (secondary N) is 1. The number of hydrogen-bond acceptors (Lipinski definition) is 5. The topological polar surface area (TPSA) is 81.2 Å². The number of carbonyl (C=O) groups is 2. The Balaban J connectivity index is 2.27. The molecule has 0 unspecified atom stereocenters. The average Bonchev–Trinajstić information content (AvgIpc) is 2.84. The van der Waals surface area contributed by atoms with Crippen molar-refractivity contribution in [1.82, 2.24) is 15.3 Å². The van der Waals surface area contributed by atoms with Gasteiger partial charge in [0.15, 0.2) is 0 Å². The summed E-state index contributed by atoms with van der Waals surface area (Å²) in [6, 6.07) is 0. The summed E-state index contributed by atoms with van der Waals surface area (Å²) in [5.41, 5.74) is 0.818. The highest BCUT2D eigenvalue weighted by Gasteiger charge is 2.17. The predicted molar refractivity (Wildman–Crippen MR) is 157 cm³/mol. The van der Waals surface area contributed by atoms with Crippen LogP contribution in [0.15, 0.2) is 67.0 Å². The number of unbranched alkanes of at least 4 members (excludes halogenated alkanes) is 1. The van der Waals surface area contributed by atoms with Crippen molar-refractivity contribution in [2.45, 2.75) is 105 Å². The maximum absolute atomic E-state index is 12.5. The summed E-state index contributed by atoms with van der Waals surface area (Å²) in [5, 5.41) is 2.72. The number of rotatable bonds is 17. The van der Waals surface area contributed by atoms with Gasteiger partial charge in [0.1, 0.15) is 17.2 Å². The monoisotopic (exact) mass is 521 g/mol. The summed E-state index contributed by atoms with van der Waals surface area (Å²) in [7, 11) is 0. The number of nitrogens with zero attached hydrogens (tertiary/aromatic N) is 2. The molecule has 1 N–H and O–H groups in total. The summed E-state index contributed by atoms with van der Waals surface area (Å²) < 4.78 is 5.27. The largest absolute Gasteiger partial charge is 0.444 e. The zero-order valence-corrected chi connectivity index (χ0v) is 24.0. The fourth-order valence-electron chi connectivity index (χ4n) is 3.38. The van der Waals surface area contributed by atoms with Gasteiger partial charge in [-0.2, -0.15) is 0 Å². The van der Waals surface area contributed by atoms with Crippen molar-refractivity contribution in [2.24, 2.45) is 0 Å². The maximum atomic E-state index is 12.5. The lowest BCUT2D eigenvalue weighted by Gasteiger charge is -2.20. The number of Topliss-reactive ketones (excluding diaryl/α,β-unsaturated/α-hetero) is 1. The first-order chi connectivity index (χ1) is 18.2. The van der Waals surface area contributed by atoms with Crippen molar-refractivity contribution < 1.29 is 14.3 Å². The molecule has 0 bridgehead atoms. The molecule has 0 atom stereocenters. The Morgan fingerprint density at radius 3 is 2.00 bits per heavy atom. The van der Waals surface area contributed by atoms with Crippen LogP contribution in [0.25, 0.3) is 0 Å². The number of ether oxygens (including phenoxy) is 1. The quantitative estimate of drug-likeness (QED) is 0.167. The summed E-state index contributed by atoms with van der Waals surface area (Å²) >= 11 is 0. The summed E-state index contributed by atoms with van der Waals surface area (Å²) in [6.45, 7) is 9.59. The van der Waals surface area contributed by atoms with Crippen LogP contribution >= 0.6 is 0 Å². The van der Waals surface area contributed by atoms with E-state index < -0.39 is 11.7 Å². The van der Waals surface area contributed by atoms with E-state index in [1.807, 2.05) is 20.8 Å². The van der Waals surface area contributed by atoms with E-state index in [9.17, 15) is 9.59 Å². The van der Waals surface area contributed by atoms with E-state index >= 15 is 0 Å². The molecule has 1 amide bonds. The Morgan fingerprint density at radius 2 is 1.45 bits per heavy atom. The first kappa shape index (κ1) is 32.7. The van der Waals surface area contributed by atoms with Gasteiger partial charge in [-0.05, 0) is 72.6 Å². The summed E-state index contributed by atoms with van der Waals surface area (Å²) in [5.74, 6) is 0.738. The number of amides is 1. The highest BCUT2D eigenvalue weighted by atomic mass is 16.6. The second-order valence-corrected chi connectivity index (χ2v) is 10.1. The molecule has 0 spiro atoms. The lowest BCUT2D eigenvalue weighted by atomic mass is 10.1. The number of allylic oxidation sites excluding steroid dienone is 10. The normalized spacial score (nSPS) is 12.6. The molecule has 0 aliphatic heterocycles. The fraction of sp³-hybridized carbons (Fsp3) is 0.500. The van der Waals surface area contributed by atoms with Gasteiger partial charge >= 0.3 is 6.09 Å². The first-order valence-electron chi connectivity index (χ1n) is 13.8. The molecule has 0 aromatic carbocycles. The van der Waals surface area contributed by atoms with Gasteiger partial charge in [0.05, 0.1) is 5.69 Å². The molecule has 6 nitrogen and oxygen atoms in total. The molecular weight excluding hydrogens is 474 g/mol. The number of ketones is 1. The minimum Gasteiger partial charge on any atom is -0.444 e. The van der Waals surface area contributed by atoms with Gasteiger partial charge in [-0.3, -0.25) is 4.79 Å². The summed E-state index contributed by atoms with van der Waals surface area (Å²) in [6.07, 6.45) is 30.3. The molecule has 6 heteroatoms. The van der Waals surface area contributed by atoms with Crippen LogP contribution in [-0.2, 0) is 22.5 Å². The third kappa shape index (κ3) is 18.0. The molecule has 208 valence electrons. The molecule has 38 heavy (non-hydrogen) atoms. The number of carbonyl (C=O) groups excluding carboxylic acids is 2. The van der Waals surface area contributed by atoms with Gasteiger partial charge in [-0.15, -0.1) is 0 Å². The number of alkyl carbamates (subject to hydrolysis) is 1. The van der Waals surface area contributed by atoms with Crippen LogP contribution in [0.1, 0.15) is 96.1 Å². The van der Waals surface area contributed by atoms with Crippen LogP contribution in [0.5, 0.6) is 0 Å². The van der Waals surface area contributed by atoms with Crippen LogP contribution < -0.4 is 5.32 Å². The van der Waals surface area contributed by atoms with Gasteiger partial charge in [-0.1, -0.05) is 67.7 Å². The Kier molecular flexibility index (Phi) is 17.0. The van der Waals surface area contributed by atoms with E-state index in [0.29, 0.717) is 17.9 Å². The summed E-state index contributed by atoms with van der Waals surface area (Å²) in [4.78, 5) is 33.1. The van der Waals surface area contributed by atoms with Crippen molar-refractivity contribution in [3.8, 4) is 0 Å². The lowest BCUT2D eigenvalue weighted by molar-refractivity contribution is -0.118. The zero-order chi connectivity index (χ0) is 28.1. The maximum Gasteiger partial charge on any atom is 0.407 e. The highest BCUT2D eigenvalue weighted by Crippen LogP contribution is 2.11. The van der Waals surface area contributed by atoms with E-state index in [-0.39, 0.29) is 18.7 Å². The molecule has 0 saturated carbocycles. The van der Waals surface area contributed by atoms with Crippen molar-refractivity contribution in [3.63, 3.8) is 0 Å². The van der Waals surface area contributed by atoms with E-state index in [4.69, 9.17) is 4.74 Å². The molecule has 0 aliphatic carbocycles. The molecule has 0 fully saturated rings. The number of aromatic nitrogens is 2. The van der Waals surface area contributed by atoms with Gasteiger partial charge in [-0.25, -0.2) is 14.8 Å². The van der Waals surface area contributed by atoms with Gasteiger partial charge in [0, 0.05) is 31.1 Å². The molecule has 0 radical (unpaired) electrons. The van der Waals surface area contributed by atoms with Crippen LogP contribution in [0.3, 0.4) is 0 Å². The third-order valence-electron chi connectivity index (χ3n) is 5.25. The molecular formula is C32H47N3O3. The Labute approximate surface area is 230 Å². The zero-order valence-electron chi connectivity index (χ0n) is 24.0. The molecule has 1 heterocycles. The van der Waals surface area contributed by atoms with Gasteiger partial charge < -0.3 is 10.1 Å². The van der Waals surface area contributed by atoms with Gasteiger partial charge in [0.2, 0.25) is 0 Å². The van der Waals surface area contributed by atoms with Crippen LogP contribution in [0, 0.1) is 6.92 Å². The molecule has 1 rings (SSSR count). The van der Waals surface area contributed by atoms with Crippen molar-refractivity contribution in [1.29, 1.82) is 0 Å². The van der Waals surface area contributed by atoms with Crippen LogP contribution in [0.2, 0.25) is 0 Å². The first-order valence-corrected chi connectivity index (χ1v) is 13.8. The van der Waals surface area contributed by atoms with Crippen molar-refractivity contribution in [3.05, 3.63) is 84.0 Å². The SMILES string of the molecule is CC/C=C\C/C=C\C/C=C\C/C=C\C/C=C\CCCC(=O)Cc1nc(C)ncc1CNC(=O)OC(C)(C)C. The Morgan fingerprint density at radius 1 is 0.895 bits per heavy atom. The second kappa shape index (κ2) is 19.8. The van der Waals surface area contributed by atoms with Crippen molar-refractivity contribution >= 4 is 11.9 Å².